The molecule has 0 saturated carbocycles. The summed E-state index contributed by atoms with van der Waals surface area (Å²) in [4.78, 5) is 14.0. The van der Waals surface area contributed by atoms with Crippen LogP contribution in [0.25, 0.3) is 0 Å². The summed E-state index contributed by atoms with van der Waals surface area (Å²) in [6, 6.07) is -0.273. The van der Waals surface area contributed by atoms with Gasteiger partial charge in [-0.15, -0.1) is 0 Å². The SMILES string of the molecule is COCCNC(=S)NC(C)C(=O)N1CCCCC1. The Labute approximate surface area is 114 Å². The van der Waals surface area contributed by atoms with Crippen molar-refractivity contribution in [3.8, 4) is 0 Å². The lowest BCUT2D eigenvalue weighted by atomic mass is 10.1. The van der Waals surface area contributed by atoms with Gasteiger partial charge in [-0.3, -0.25) is 4.79 Å². The molecule has 1 aliphatic rings. The van der Waals surface area contributed by atoms with E-state index in [1.165, 1.54) is 6.42 Å². The number of hydrogen-bond acceptors (Lipinski definition) is 3. The Kier molecular flexibility index (Phi) is 6.97. The van der Waals surface area contributed by atoms with Gasteiger partial charge in [0, 0.05) is 26.7 Å². The number of carbonyl (C=O) groups excluding carboxylic acids is 1. The molecule has 0 bridgehead atoms. The van der Waals surface area contributed by atoms with Gasteiger partial charge in [-0.25, -0.2) is 0 Å². The third-order valence-electron chi connectivity index (χ3n) is 2.98. The van der Waals surface area contributed by atoms with Crippen LogP contribution in [0.2, 0.25) is 0 Å². The molecule has 104 valence electrons. The number of ether oxygens (including phenoxy) is 1. The molecule has 1 unspecified atom stereocenters. The molecule has 1 aliphatic heterocycles. The predicted molar refractivity (Wildman–Crippen MR) is 75.5 cm³/mol. The van der Waals surface area contributed by atoms with Crippen molar-refractivity contribution in [2.75, 3.05) is 33.4 Å². The molecule has 5 nitrogen and oxygen atoms in total. The van der Waals surface area contributed by atoms with E-state index < -0.39 is 0 Å². The molecular weight excluding hydrogens is 250 g/mol. The van der Waals surface area contributed by atoms with Crippen molar-refractivity contribution >= 4 is 23.2 Å². The highest BCUT2D eigenvalue weighted by molar-refractivity contribution is 7.80. The van der Waals surface area contributed by atoms with Gasteiger partial charge in [0.25, 0.3) is 0 Å². The topological polar surface area (TPSA) is 53.6 Å². The first-order valence-corrected chi connectivity index (χ1v) is 6.88. The van der Waals surface area contributed by atoms with E-state index >= 15 is 0 Å². The number of nitrogens with one attached hydrogen (secondary N) is 2. The van der Waals surface area contributed by atoms with E-state index in [-0.39, 0.29) is 11.9 Å². The molecule has 0 aliphatic carbocycles. The molecule has 2 N–H and O–H groups in total. The molecular formula is C12H23N3O2S. The molecule has 1 amide bonds. The van der Waals surface area contributed by atoms with Gasteiger partial charge in [0.1, 0.15) is 6.04 Å². The molecule has 1 saturated heterocycles. The first kappa shape index (κ1) is 15.2. The molecule has 0 aromatic rings. The molecule has 1 heterocycles. The van der Waals surface area contributed by atoms with Crippen molar-refractivity contribution < 1.29 is 9.53 Å². The smallest absolute Gasteiger partial charge is 0.244 e. The fourth-order valence-electron chi connectivity index (χ4n) is 1.96. The maximum atomic E-state index is 12.1. The Morgan fingerprint density at radius 1 is 1.39 bits per heavy atom. The van der Waals surface area contributed by atoms with Crippen LogP contribution in [0.3, 0.4) is 0 Å². The molecule has 0 radical (unpaired) electrons. The van der Waals surface area contributed by atoms with Crippen LogP contribution in [0.15, 0.2) is 0 Å². The monoisotopic (exact) mass is 273 g/mol. The van der Waals surface area contributed by atoms with Crippen molar-refractivity contribution in [3.05, 3.63) is 0 Å². The van der Waals surface area contributed by atoms with E-state index in [0.717, 1.165) is 25.9 Å². The molecule has 6 heteroatoms. The summed E-state index contributed by atoms with van der Waals surface area (Å²) in [6.45, 7) is 4.83. The van der Waals surface area contributed by atoms with Crippen LogP contribution < -0.4 is 10.6 Å². The average Bonchev–Trinajstić information content (AvgIpc) is 2.39. The maximum absolute atomic E-state index is 12.1. The minimum absolute atomic E-state index is 0.130. The summed E-state index contributed by atoms with van der Waals surface area (Å²) in [6.07, 6.45) is 3.44. The zero-order chi connectivity index (χ0) is 13.4. The zero-order valence-corrected chi connectivity index (χ0v) is 12.0. The number of thiocarbonyl (C=S) groups is 1. The Morgan fingerprint density at radius 3 is 2.67 bits per heavy atom. The van der Waals surface area contributed by atoms with Crippen molar-refractivity contribution in [2.24, 2.45) is 0 Å². The van der Waals surface area contributed by atoms with Gasteiger partial charge in [0.05, 0.1) is 6.61 Å². The largest absolute Gasteiger partial charge is 0.383 e. The van der Waals surface area contributed by atoms with Gasteiger partial charge in [0.2, 0.25) is 5.91 Å². The Bertz CT molecular complexity index is 280. The molecule has 0 spiro atoms. The lowest BCUT2D eigenvalue weighted by molar-refractivity contribution is -0.133. The van der Waals surface area contributed by atoms with Crippen LogP contribution in [0.4, 0.5) is 0 Å². The van der Waals surface area contributed by atoms with Crippen LogP contribution in [0.5, 0.6) is 0 Å². The number of methoxy groups -OCH3 is 1. The second-order valence-electron chi connectivity index (χ2n) is 4.50. The number of hydrogen-bond donors (Lipinski definition) is 2. The maximum Gasteiger partial charge on any atom is 0.244 e. The predicted octanol–water partition coefficient (Wildman–Crippen LogP) is 0.498. The van der Waals surface area contributed by atoms with Crippen molar-refractivity contribution in [1.29, 1.82) is 0 Å². The minimum Gasteiger partial charge on any atom is -0.383 e. The van der Waals surface area contributed by atoms with Gasteiger partial charge in [-0.2, -0.15) is 0 Å². The van der Waals surface area contributed by atoms with Crippen molar-refractivity contribution in [2.45, 2.75) is 32.2 Å². The first-order valence-electron chi connectivity index (χ1n) is 6.47. The van der Waals surface area contributed by atoms with Gasteiger partial charge >= 0.3 is 0 Å². The summed E-state index contributed by atoms with van der Waals surface area (Å²) in [5.74, 6) is 0.130. The first-order chi connectivity index (χ1) is 8.65. The Hall–Kier alpha value is -0.880. The molecule has 1 fully saturated rings. The normalized spacial score (nSPS) is 17.1. The summed E-state index contributed by atoms with van der Waals surface area (Å²) < 4.78 is 4.91. The van der Waals surface area contributed by atoms with Gasteiger partial charge < -0.3 is 20.3 Å². The van der Waals surface area contributed by atoms with Crippen LogP contribution in [0, 0.1) is 0 Å². The van der Waals surface area contributed by atoms with E-state index in [2.05, 4.69) is 10.6 Å². The van der Waals surface area contributed by atoms with Crippen LogP contribution in [-0.2, 0) is 9.53 Å². The Balaban J connectivity index is 2.27. The third-order valence-corrected chi connectivity index (χ3v) is 3.24. The van der Waals surface area contributed by atoms with E-state index in [1.54, 1.807) is 7.11 Å². The van der Waals surface area contributed by atoms with Crippen molar-refractivity contribution in [1.82, 2.24) is 15.5 Å². The molecule has 1 atom stereocenters. The van der Waals surface area contributed by atoms with E-state index in [4.69, 9.17) is 17.0 Å². The summed E-state index contributed by atoms with van der Waals surface area (Å²) in [5.41, 5.74) is 0. The number of piperidine rings is 1. The number of carbonyl (C=O) groups is 1. The zero-order valence-electron chi connectivity index (χ0n) is 11.2. The van der Waals surface area contributed by atoms with Crippen LogP contribution in [-0.4, -0.2) is 55.3 Å². The fourth-order valence-corrected chi connectivity index (χ4v) is 2.24. The molecule has 0 aromatic heterocycles. The quantitative estimate of drug-likeness (QED) is 0.564. The Morgan fingerprint density at radius 2 is 2.06 bits per heavy atom. The van der Waals surface area contributed by atoms with E-state index in [1.807, 2.05) is 11.8 Å². The van der Waals surface area contributed by atoms with Crippen LogP contribution in [0.1, 0.15) is 26.2 Å². The summed E-state index contributed by atoms with van der Waals surface area (Å²) in [7, 11) is 1.64. The van der Waals surface area contributed by atoms with Gasteiger partial charge in [0.15, 0.2) is 5.11 Å². The third kappa shape index (κ3) is 5.18. The number of nitrogens with zero attached hydrogens (tertiary/aromatic N) is 1. The lowest BCUT2D eigenvalue weighted by Gasteiger charge is -2.29. The van der Waals surface area contributed by atoms with E-state index in [9.17, 15) is 4.79 Å². The lowest BCUT2D eigenvalue weighted by Crippen LogP contribution is -2.51. The second kappa shape index (κ2) is 8.26. The summed E-state index contributed by atoms with van der Waals surface area (Å²) >= 11 is 5.12. The number of amides is 1. The minimum atomic E-state index is -0.273. The van der Waals surface area contributed by atoms with Gasteiger partial charge in [-0.1, -0.05) is 0 Å². The second-order valence-corrected chi connectivity index (χ2v) is 4.91. The summed E-state index contributed by atoms with van der Waals surface area (Å²) in [5, 5.41) is 6.51. The van der Waals surface area contributed by atoms with Crippen molar-refractivity contribution in [3.63, 3.8) is 0 Å². The van der Waals surface area contributed by atoms with Crippen LogP contribution >= 0.6 is 12.2 Å². The molecule has 0 aromatic carbocycles. The number of likely N-dealkylation sites (tertiary alicyclic amines) is 1. The highest BCUT2D eigenvalue weighted by atomic mass is 32.1. The highest BCUT2D eigenvalue weighted by Crippen LogP contribution is 2.09. The van der Waals surface area contributed by atoms with Gasteiger partial charge in [-0.05, 0) is 38.4 Å². The number of rotatable bonds is 5. The van der Waals surface area contributed by atoms with E-state index in [0.29, 0.717) is 18.3 Å². The standard InChI is InChI=1S/C12H23N3O2S/c1-10(14-12(18)13-6-9-17-2)11(16)15-7-4-3-5-8-15/h10H,3-9H2,1-2H3,(H2,13,14,18). The average molecular weight is 273 g/mol. The molecule has 18 heavy (non-hydrogen) atoms. The fraction of sp³-hybridized carbons (Fsp3) is 0.833. The highest BCUT2D eigenvalue weighted by Gasteiger charge is 2.22. The molecule has 1 rings (SSSR count).